The maximum Gasteiger partial charge on any atom is 0.157 e. The maximum atomic E-state index is 6.06. The van der Waals surface area contributed by atoms with E-state index in [9.17, 15) is 0 Å². The first-order valence-electron chi connectivity index (χ1n) is 9.07. The van der Waals surface area contributed by atoms with Crippen LogP contribution >= 0.6 is 0 Å². The zero-order chi connectivity index (χ0) is 17.4. The zero-order valence-corrected chi connectivity index (χ0v) is 14.8. The number of nitrogens with one attached hydrogen (secondary N) is 1. The SMILES string of the molecule is CC(C)c1cccc(-c2cc(N[C@H]3CC[C@H](N)C3)n3nccc3n2)c1. The Balaban J connectivity index is 1.74. The van der Waals surface area contributed by atoms with Crippen LogP contribution in [0.5, 0.6) is 0 Å². The third-order valence-electron chi connectivity index (χ3n) is 5.03. The standard InChI is InChI=1S/C20H25N5/c1-13(2)14-4-3-5-15(10-14)18-12-20(23-17-7-6-16(21)11-17)25-19(24-18)8-9-22-25/h3-5,8-10,12-13,16-17,23H,6-7,11,21H2,1-2H3/t16-,17-/m0/s1. The molecule has 130 valence electrons. The van der Waals surface area contributed by atoms with E-state index in [-0.39, 0.29) is 0 Å². The first-order chi connectivity index (χ1) is 12.1. The molecule has 0 saturated heterocycles. The van der Waals surface area contributed by atoms with Crippen molar-refractivity contribution in [2.45, 2.75) is 51.1 Å². The fourth-order valence-electron chi connectivity index (χ4n) is 3.58. The molecule has 0 amide bonds. The minimum Gasteiger partial charge on any atom is -0.367 e. The lowest BCUT2D eigenvalue weighted by Crippen LogP contribution is -2.22. The van der Waals surface area contributed by atoms with Crippen molar-refractivity contribution in [3.05, 3.63) is 48.2 Å². The number of nitrogens with two attached hydrogens (primary N) is 1. The van der Waals surface area contributed by atoms with Gasteiger partial charge in [0.2, 0.25) is 0 Å². The molecule has 1 aromatic carbocycles. The second-order valence-electron chi connectivity index (χ2n) is 7.32. The molecule has 5 nitrogen and oxygen atoms in total. The number of fused-ring (bicyclic) bond motifs is 1. The van der Waals surface area contributed by atoms with E-state index >= 15 is 0 Å². The Bertz CT molecular complexity index is 883. The highest BCUT2D eigenvalue weighted by molar-refractivity contribution is 5.67. The summed E-state index contributed by atoms with van der Waals surface area (Å²) in [6, 6.07) is 13.4. The van der Waals surface area contributed by atoms with Crippen molar-refractivity contribution >= 4 is 11.5 Å². The quantitative estimate of drug-likeness (QED) is 0.761. The van der Waals surface area contributed by atoms with Gasteiger partial charge in [-0.1, -0.05) is 32.0 Å². The van der Waals surface area contributed by atoms with Crippen molar-refractivity contribution in [1.82, 2.24) is 14.6 Å². The van der Waals surface area contributed by atoms with Crippen LogP contribution in [0.25, 0.3) is 16.9 Å². The molecule has 1 fully saturated rings. The Kier molecular flexibility index (Phi) is 4.17. The molecule has 4 rings (SSSR count). The molecule has 1 aliphatic carbocycles. The third kappa shape index (κ3) is 3.24. The summed E-state index contributed by atoms with van der Waals surface area (Å²) < 4.78 is 1.87. The Labute approximate surface area is 148 Å². The molecule has 1 saturated carbocycles. The van der Waals surface area contributed by atoms with Crippen LogP contribution < -0.4 is 11.1 Å². The van der Waals surface area contributed by atoms with Gasteiger partial charge in [0, 0.05) is 29.8 Å². The highest BCUT2D eigenvalue weighted by Crippen LogP contribution is 2.27. The van der Waals surface area contributed by atoms with Crippen LogP contribution in [0.1, 0.15) is 44.6 Å². The number of aromatic nitrogens is 3. The molecule has 3 N–H and O–H groups in total. The highest BCUT2D eigenvalue weighted by Gasteiger charge is 2.22. The number of anilines is 1. The molecule has 5 heteroatoms. The number of hydrogen-bond acceptors (Lipinski definition) is 4. The molecule has 2 atom stereocenters. The maximum absolute atomic E-state index is 6.06. The first kappa shape index (κ1) is 16.1. The molecule has 0 unspecified atom stereocenters. The van der Waals surface area contributed by atoms with Crippen LogP contribution in [0.3, 0.4) is 0 Å². The van der Waals surface area contributed by atoms with Gasteiger partial charge in [-0.05, 0) is 36.8 Å². The van der Waals surface area contributed by atoms with E-state index in [2.05, 4.69) is 54.6 Å². The minimum absolute atomic E-state index is 0.301. The second-order valence-corrected chi connectivity index (χ2v) is 7.32. The van der Waals surface area contributed by atoms with Gasteiger partial charge in [0.05, 0.1) is 11.9 Å². The van der Waals surface area contributed by atoms with Gasteiger partial charge in [0.1, 0.15) is 5.82 Å². The molecule has 2 heterocycles. The van der Waals surface area contributed by atoms with E-state index in [4.69, 9.17) is 10.7 Å². The van der Waals surface area contributed by atoms with E-state index in [1.807, 2.05) is 10.6 Å². The van der Waals surface area contributed by atoms with Crippen LogP contribution in [0.15, 0.2) is 42.6 Å². The molecule has 0 spiro atoms. The largest absolute Gasteiger partial charge is 0.367 e. The zero-order valence-electron chi connectivity index (χ0n) is 14.8. The first-order valence-corrected chi connectivity index (χ1v) is 9.07. The second kappa shape index (κ2) is 6.48. The third-order valence-corrected chi connectivity index (χ3v) is 5.03. The molecule has 1 aliphatic rings. The highest BCUT2D eigenvalue weighted by atomic mass is 15.3. The van der Waals surface area contributed by atoms with Crippen LogP contribution in [-0.2, 0) is 0 Å². The summed E-state index contributed by atoms with van der Waals surface area (Å²) in [6.07, 6.45) is 4.98. The van der Waals surface area contributed by atoms with E-state index in [1.165, 1.54) is 5.56 Å². The Morgan fingerprint density at radius 1 is 1.20 bits per heavy atom. The molecule has 2 aromatic heterocycles. The molecule has 0 bridgehead atoms. The van der Waals surface area contributed by atoms with Crippen LogP contribution in [0, 0.1) is 0 Å². The average molecular weight is 335 g/mol. The summed E-state index contributed by atoms with van der Waals surface area (Å²) in [5, 5.41) is 8.05. The normalized spacial score (nSPS) is 20.5. The van der Waals surface area contributed by atoms with Crippen LogP contribution in [-0.4, -0.2) is 26.7 Å². The van der Waals surface area contributed by atoms with Crippen LogP contribution in [0.2, 0.25) is 0 Å². The summed E-state index contributed by atoms with van der Waals surface area (Å²) >= 11 is 0. The lowest BCUT2D eigenvalue weighted by Gasteiger charge is -2.16. The summed E-state index contributed by atoms with van der Waals surface area (Å²) in [7, 11) is 0. The predicted molar refractivity (Wildman–Crippen MR) is 102 cm³/mol. The number of benzene rings is 1. The average Bonchev–Trinajstić information content (AvgIpc) is 3.23. The molecule has 3 aromatic rings. The van der Waals surface area contributed by atoms with Crippen molar-refractivity contribution in [3.8, 4) is 11.3 Å². The van der Waals surface area contributed by atoms with Crippen molar-refractivity contribution in [2.24, 2.45) is 5.73 Å². The molecular formula is C20H25N5. The van der Waals surface area contributed by atoms with Crippen molar-refractivity contribution < 1.29 is 0 Å². The van der Waals surface area contributed by atoms with Gasteiger partial charge in [-0.15, -0.1) is 0 Å². The monoisotopic (exact) mass is 335 g/mol. The lowest BCUT2D eigenvalue weighted by atomic mass is 9.99. The van der Waals surface area contributed by atoms with Gasteiger partial charge >= 0.3 is 0 Å². The predicted octanol–water partition coefficient (Wildman–Crippen LogP) is 3.81. The molecular weight excluding hydrogens is 310 g/mol. The summed E-state index contributed by atoms with van der Waals surface area (Å²) in [5.74, 6) is 1.48. The van der Waals surface area contributed by atoms with E-state index in [1.54, 1.807) is 6.20 Å². The fourth-order valence-corrected chi connectivity index (χ4v) is 3.58. The summed E-state index contributed by atoms with van der Waals surface area (Å²) in [4.78, 5) is 4.79. The van der Waals surface area contributed by atoms with Gasteiger partial charge in [-0.2, -0.15) is 9.61 Å². The lowest BCUT2D eigenvalue weighted by molar-refractivity contribution is 0.684. The number of hydrogen-bond donors (Lipinski definition) is 2. The number of rotatable bonds is 4. The van der Waals surface area contributed by atoms with Crippen molar-refractivity contribution in [2.75, 3.05) is 5.32 Å². The van der Waals surface area contributed by atoms with Gasteiger partial charge in [-0.25, -0.2) is 4.98 Å². The number of nitrogens with zero attached hydrogens (tertiary/aromatic N) is 3. The van der Waals surface area contributed by atoms with Gasteiger partial charge in [0.15, 0.2) is 5.65 Å². The Morgan fingerprint density at radius 2 is 2.08 bits per heavy atom. The topological polar surface area (TPSA) is 68.2 Å². The summed E-state index contributed by atoms with van der Waals surface area (Å²) in [5.41, 5.74) is 10.4. The summed E-state index contributed by atoms with van der Waals surface area (Å²) in [6.45, 7) is 4.42. The Hall–Kier alpha value is -2.40. The molecule has 25 heavy (non-hydrogen) atoms. The van der Waals surface area contributed by atoms with Crippen LogP contribution in [0.4, 0.5) is 5.82 Å². The Morgan fingerprint density at radius 3 is 2.84 bits per heavy atom. The van der Waals surface area contributed by atoms with E-state index < -0.39 is 0 Å². The van der Waals surface area contributed by atoms with E-state index in [0.717, 1.165) is 42.0 Å². The van der Waals surface area contributed by atoms with E-state index in [0.29, 0.717) is 18.0 Å². The van der Waals surface area contributed by atoms with Gasteiger partial charge in [0.25, 0.3) is 0 Å². The fraction of sp³-hybridized carbons (Fsp3) is 0.400. The smallest absolute Gasteiger partial charge is 0.157 e. The minimum atomic E-state index is 0.301. The van der Waals surface area contributed by atoms with Crippen molar-refractivity contribution in [1.29, 1.82) is 0 Å². The molecule has 0 aliphatic heterocycles. The van der Waals surface area contributed by atoms with Gasteiger partial charge in [-0.3, -0.25) is 0 Å². The van der Waals surface area contributed by atoms with Gasteiger partial charge < -0.3 is 11.1 Å². The van der Waals surface area contributed by atoms with Crippen molar-refractivity contribution in [3.63, 3.8) is 0 Å². The molecule has 0 radical (unpaired) electrons.